The van der Waals surface area contributed by atoms with Gasteiger partial charge in [-0.1, -0.05) is 31.0 Å². The summed E-state index contributed by atoms with van der Waals surface area (Å²) >= 11 is 0. The molecule has 6 nitrogen and oxygen atoms in total. The molecule has 3 aromatic heterocycles. The summed E-state index contributed by atoms with van der Waals surface area (Å²) in [6, 6.07) is 9.93. The number of pyridine rings is 1. The van der Waals surface area contributed by atoms with E-state index in [1.54, 1.807) is 17.0 Å². The molecule has 0 aliphatic heterocycles. The number of nitrogens with zero attached hydrogens (tertiary/aromatic N) is 4. The van der Waals surface area contributed by atoms with Gasteiger partial charge in [-0.3, -0.25) is 14.5 Å². The monoisotopic (exact) mass is 345 g/mol. The van der Waals surface area contributed by atoms with Crippen molar-refractivity contribution in [1.82, 2.24) is 24.5 Å². The molecule has 26 heavy (non-hydrogen) atoms. The number of fused-ring (bicyclic) bond motifs is 2. The first kappa shape index (κ1) is 15.3. The molecule has 1 aromatic carbocycles. The van der Waals surface area contributed by atoms with Crippen LogP contribution in [0.5, 0.6) is 0 Å². The Morgan fingerprint density at radius 2 is 2.00 bits per heavy atom. The Labute approximate surface area is 149 Å². The molecule has 1 fully saturated rings. The molecule has 1 N–H and O–H groups in total. The van der Waals surface area contributed by atoms with Gasteiger partial charge in [0, 0.05) is 23.7 Å². The van der Waals surface area contributed by atoms with Crippen LogP contribution in [0.25, 0.3) is 33.5 Å². The number of aromatic amines is 1. The molecule has 1 saturated carbocycles. The number of benzene rings is 1. The molecular weight excluding hydrogens is 326 g/mol. The van der Waals surface area contributed by atoms with Crippen LogP contribution < -0.4 is 5.69 Å². The van der Waals surface area contributed by atoms with E-state index in [-0.39, 0.29) is 5.69 Å². The van der Waals surface area contributed by atoms with Crippen LogP contribution in [0.2, 0.25) is 0 Å². The summed E-state index contributed by atoms with van der Waals surface area (Å²) in [5.74, 6) is 0.555. The van der Waals surface area contributed by atoms with Crippen LogP contribution in [0.3, 0.4) is 0 Å². The number of rotatable bonds is 3. The Bertz CT molecular complexity index is 1150. The summed E-state index contributed by atoms with van der Waals surface area (Å²) in [6.07, 6.45) is 8.37. The maximum absolute atomic E-state index is 12.4. The summed E-state index contributed by atoms with van der Waals surface area (Å²) in [7, 11) is 0. The molecule has 3 heterocycles. The summed E-state index contributed by atoms with van der Waals surface area (Å²) < 4.78 is 1.76. The van der Waals surface area contributed by atoms with Crippen LogP contribution in [0.15, 0.2) is 47.5 Å². The normalized spacial score (nSPS) is 15.2. The molecule has 0 bridgehead atoms. The van der Waals surface area contributed by atoms with E-state index in [2.05, 4.69) is 15.0 Å². The predicted molar refractivity (Wildman–Crippen MR) is 101 cm³/mol. The van der Waals surface area contributed by atoms with Gasteiger partial charge in [-0.15, -0.1) is 0 Å². The van der Waals surface area contributed by atoms with Crippen LogP contribution in [0, 0.1) is 5.92 Å². The van der Waals surface area contributed by atoms with Crippen molar-refractivity contribution in [2.75, 3.05) is 0 Å². The standard InChI is InChI=1S/C20H19N5O/c26-20-24-18-19(25(20)12-13-5-1-2-6-13)23-17(11-22-18)15-7-3-9-16-14(15)8-4-10-21-16/h3-4,7-11,13H,1-2,5-6,12H2,(H,22,24,26). The number of hydrogen-bond donors (Lipinski definition) is 1. The van der Waals surface area contributed by atoms with Gasteiger partial charge in [0.15, 0.2) is 11.3 Å². The van der Waals surface area contributed by atoms with Gasteiger partial charge in [0.05, 0.1) is 17.4 Å². The fraction of sp³-hybridized carbons (Fsp3) is 0.300. The van der Waals surface area contributed by atoms with Crippen molar-refractivity contribution >= 4 is 22.2 Å². The fourth-order valence-corrected chi connectivity index (χ4v) is 4.00. The zero-order valence-electron chi connectivity index (χ0n) is 14.4. The summed E-state index contributed by atoms with van der Waals surface area (Å²) in [5.41, 5.74) is 3.73. The van der Waals surface area contributed by atoms with Crippen molar-refractivity contribution in [3.63, 3.8) is 0 Å². The molecule has 0 spiro atoms. The zero-order chi connectivity index (χ0) is 17.5. The minimum Gasteiger partial charge on any atom is -0.289 e. The molecule has 0 radical (unpaired) electrons. The Kier molecular flexibility index (Phi) is 3.55. The second-order valence-corrected chi connectivity index (χ2v) is 6.99. The molecule has 5 rings (SSSR count). The third-order valence-corrected chi connectivity index (χ3v) is 5.32. The van der Waals surface area contributed by atoms with Crippen LogP contribution in [0.4, 0.5) is 0 Å². The minimum absolute atomic E-state index is 0.122. The Balaban J connectivity index is 1.66. The Hall–Kier alpha value is -3.02. The number of hydrogen-bond acceptors (Lipinski definition) is 4. The van der Waals surface area contributed by atoms with E-state index in [0.717, 1.165) is 22.2 Å². The first-order valence-electron chi connectivity index (χ1n) is 9.09. The van der Waals surface area contributed by atoms with Crippen LogP contribution in [-0.2, 0) is 6.54 Å². The third kappa shape index (κ3) is 2.49. The van der Waals surface area contributed by atoms with E-state index >= 15 is 0 Å². The maximum atomic E-state index is 12.4. The summed E-state index contributed by atoms with van der Waals surface area (Å²) in [6.45, 7) is 0.716. The lowest BCUT2D eigenvalue weighted by atomic mass is 10.1. The fourth-order valence-electron chi connectivity index (χ4n) is 4.00. The highest BCUT2D eigenvalue weighted by atomic mass is 16.1. The number of imidazole rings is 1. The van der Waals surface area contributed by atoms with Gasteiger partial charge in [-0.25, -0.2) is 14.8 Å². The Morgan fingerprint density at radius 1 is 1.12 bits per heavy atom. The number of nitrogens with one attached hydrogen (secondary N) is 1. The number of H-pyrrole nitrogens is 1. The molecule has 0 amide bonds. The second-order valence-electron chi connectivity index (χ2n) is 6.99. The molecule has 4 aromatic rings. The molecule has 6 heteroatoms. The average Bonchev–Trinajstić information content (AvgIpc) is 3.29. The molecule has 1 aliphatic rings. The lowest BCUT2D eigenvalue weighted by molar-refractivity contribution is 0.456. The lowest BCUT2D eigenvalue weighted by Crippen LogP contribution is -2.20. The maximum Gasteiger partial charge on any atom is 0.328 e. The highest BCUT2D eigenvalue weighted by Gasteiger charge is 2.19. The van der Waals surface area contributed by atoms with Gasteiger partial charge in [0.25, 0.3) is 0 Å². The third-order valence-electron chi connectivity index (χ3n) is 5.32. The van der Waals surface area contributed by atoms with Gasteiger partial charge < -0.3 is 0 Å². The summed E-state index contributed by atoms with van der Waals surface area (Å²) in [5, 5.41) is 1.03. The SMILES string of the molecule is O=c1[nH]c2ncc(-c3cccc4ncccc34)nc2n1CC1CCCC1. The molecule has 0 unspecified atom stereocenters. The first-order valence-corrected chi connectivity index (χ1v) is 9.09. The van der Waals surface area contributed by atoms with Crippen molar-refractivity contribution in [2.45, 2.75) is 32.2 Å². The topological polar surface area (TPSA) is 76.5 Å². The van der Waals surface area contributed by atoms with E-state index in [1.165, 1.54) is 25.7 Å². The van der Waals surface area contributed by atoms with Gasteiger partial charge in [-0.2, -0.15) is 0 Å². The van der Waals surface area contributed by atoms with Gasteiger partial charge in [-0.05, 0) is 30.9 Å². The lowest BCUT2D eigenvalue weighted by Gasteiger charge is -2.10. The van der Waals surface area contributed by atoms with Crippen molar-refractivity contribution in [1.29, 1.82) is 0 Å². The van der Waals surface area contributed by atoms with Crippen LogP contribution >= 0.6 is 0 Å². The Morgan fingerprint density at radius 3 is 2.88 bits per heavy atom. The van der Waals surface area contributed by atoms with Crippen LogP contribution in [0.1, 0.15) is 25.7 Å². The zero-order valence-corrected chi connectivity index (χ0v) is 14.4. The van der Waals surface area contributed by atoms with E-state index in [0.29, 0.717) is 23.8 Å². The van der Waals surface area contributed by atoms with E-state index in [4.69, 9.17) is 4.98 Å². The van der Waals surface area contributed by atoms with Crippen molar-refractivity contribution < 1.29 is 0 Å². The molecule has 1 aliphatic carbocycles. The molecule has 130 valence electrons. The second kappa shape index (κ2) is 6.05. The van der Waals surface area contributed by atoms with Gasteiger partial charge in [0.2, 0.25) is 0 Å². The molecule has 0 atom stereocenters. The largest absolute Gasteiger partial charge is 0.328 e. The summed E-state index contributed by atoms with van der Waals surface area (Å²) in [4.78, 5) is 28.9. The first-order chi connectivity index (χ1) is 12.8. The molecule has 0 saturated heterocycles. The van der Waals surface area contributed by atoms with E-state index in [9.17, 15) is 4.79 Å². The quantitative estimate of drug-likeness (QED) is 0.616. The molecular formula is C20H19N5O. The van der Waals surface area contributed by atoms with Gasteiger partial charge >= 0.3 is 5.69 Å². The van der Waals surface area contributed by atoms with E-state index in [1.807, 2.05) is 30.3 Å². The minimum atomic E-state index is -0.122. The van der Waals surface area contributed by atoms with Crippen molar-refractivity contribution in [3.05, 3.63) is 53.2 Å². The predicted octanol–water partition coefficient (Wildman–Crippen LogP) is 3.53. The van der Waals surface area contributed by atoms with Crippen LogP contribution in [-0.4, -0.2) is 24.5 Å². The van der Waals surface area contributed by atoms with E-state index < -0.39 is 0 Å². The highest BCUT2D eigenvalue weighted by Crippen LogP contribution is 2.28. The smallest absolute Gasteiger partial charge is 0.289 e. The number of aromatic nitrogens is 5. The van der Waals surface area contributed by atoms with Crippen molar-refractivity contribution in [2.24, 2.45) is 5.92 Å². The average molecular weight is 345 g/mol. The highest BCUT2D eigenvalue weighted by molar-refractivity contribution is 5.93. The van der Waals surface area contributed by atoms with Crippen molar-refractivity contribution in [3.8, 4) is 11.3 Å². The van der Waals surface area contributed by atoms with Gasteiger partial charge in [0.1, 0.15) is 0 Å².